The molecular weight excluding hydrogens is 254 g/mol. The summed E-state index contributed by atoms with van der Waals surface area (Å²) in [6.07, 6.45) is 1.35. The lowest BCUT2D eigenvalue weighted by atomic mass is 10.1. The molecule has 1 aliphatic rings. The molecular formula is C16H19NO3. The van der Waals surface area contributed by atoms with Gasteiger partial charge in [0, 0.05) is 37.2 Å². The molecule has 106 valence electrons. The first-order chi connectivity index (χ1) is 9.81. The van der Waals surface area contributed by atoms with Crippen LogP contribution >= 0.6 is 0 Å². The Morgan fingerprint density at radius 3 is 2.80 bits per heavy atom. The molecule has 1 N–H and O–H groups in total. The van der Waals surface area contributed by atoms with Gasteiger partial charge in [0.25, 0.3) is 5.91 Å². The first-order valence-electron chi connectivity index (χ1n) is 6.88. The van der Waals surface area contributed by atoms with Crippen LogP contribution in [-0.2, 0) is 4.74 Å². The molecule has 0 saturated carbocycles. The van der Waals surface area contributed by atoms with Crippen molar-refractivity contribution in [2.24, 2.45) is 0 Å². The fourth-order valence-electron chi connectivity index (χ4n) is 2.05. The second-order valence-corrected chi connectivity index (χ2v) is 4.61. The number of hydrogen-bond acceptors (Lipinski definition) is 3. The molecule has 0 spiro atoms. The van der Waals surface area contributed by atoms with Crippen LogP contribution in [0, 0.1) is 11.8 Å². The van der Waals surface area contributed by atoms with Crippen LogP contribution in [0.25, 0.3) is 0 Å². The first kappa shape index (κ1) is 14.6. The summed E-state index contributed by atoms with van der Waals surface area (Å²) < 4.78 is 5.35. The zero-order valence-electron chi connectivity index (χ0n) is 11.5. The summed E-state index contributed by atoms with van der Waals surface area (Å²) in [5.74, 6) is 5.85. The van der Waals surface area contributed by atoms with E-state index in [9.17, 15) is 4.79 Å². The van der Waals surface area contributed by atoms with Crippen molar-refractivity contribution in [3.63, 3.8) is 0 Å². The number of carbonyl (C=O) groups is 1. The van der Waals surface area contributed by atoms with Crippen molar-refractivity contribution in [3.05, 3.63) is 35.4 Å². The lowest BCUT2D eigenvalue weighted by molar-refractivity contribution is 0.0741. The Morgan fingerprint density at radius 1 is 1.25 bits per heavy atom. The van der Waals surface area contributed by atoms with Crippen LogP contribution in [0.4, 0.5) is 0 Å². The van der Waals surface area contributed by atoms with Crippen molar-refractivity contribution < 1.29 is 14.6 Å². The summed E-state index contributed by atoms with van der Waals surface area (Å²) in [6.45, 7) is 2.80. The zero-order chi connectivity index (χ0) is 14.2. The molecule has 0 unspecified atom stereocenters. The number of nitrogens with zero attached hydrogens (tertiary/aromatic N) is 1. The van der Waals surface area contributed by atoms with Crippen molar-refractivity contribution in [3.8, 4) is 11.8 Å². The second-order valence-electron chi connectivity index (χ2n) is 4.61. The number of rotatable bonds is 2. The molecule has 1 aliphatic heterocycles. The van der Waals surface area contributed by atoms with E-state index < -0.39 is 0 Å². The largest absolute Gasteiger partial charge is 0.395 e. The van der Waals surface area contributed by atoms with E-state index in [0.717, 1.165) is 25.1 Å². The van der Waals surface area contributed by atoms with Gasteiger partial charge >= 0.3 is 0 Å². The van der Waals surface area contributed by atoms with Crippen molar-refractivity contribution in [1.29, 1.82) is 0 Å². The number of aliphatic hydroxyl groups is 1. The lowest BCUT2D eigenvalue weighted by Crippen LogP contribution is -2.33. The van der Waals surface area contributed by atoms with E-state index in [1.54, 1.807) is 12.1 Å². The van der Waals surface area contributed by atoms with Gasteiger partial charge in [0.1, 0.15) is 0 Å². The van der Waals surface area contributed by atoms with Gasteiger partial charge in [-0.25, -0.2) is 0 Å². The maximum atomic E-state index is 12.3. The van der Waals surface area contributed by atoms with Crippen molar-refractivity contribution >= 4 is 5.91 Å². The van der Waals surface area contributed by atoms with Crippen molar-refractivity contribution in [2.45, 2.75) is 12.8 Å². The fourth-order valence-corrected chi connectivity index (χ4v) is 2.05. The van der Waals surface area contributed by atoms with Crippen LogP contribution in [0.15, 0.2) is 24.3 Å². The minimum absolute atomic E-state index is 0.0466. The summed E-state index contributed by atoms with van der Waals surface area (Å²) in [7, 11) is 0. The Kier molecular flexibility index (Phi) is 5.60. The molecule has 0 aromatic heterocycles. The van der Waals surface area contributed by atoms with Gasteiger partial charge in [0.05, 0.1) is 13.2 Å². The molecule has 0 bridgehead atoms. The summed E-state index contributed by atoms with van der Waals surface area (Å²) in [5, 5.41) is 8.67. The highest BCUT2D eigenvalue weighted by Crippen LogP contribution is 2.09. The van der Waals surface area contributed by atoms with Gasteiger partial charge in [-0.05, 0) is 30.7 Å². The normalized spacial score (nSPS) is 15.2. The third kappa shape index (κ3) is 4.09. The van der Waals surface area contributed by atoms with Gasteiger partial charge in [0.2, 0.25) is 0 Å². The Labute approximate surface area is 119 Å². The minimum atomic E-state index is 0.0466. The standard InChI is InChI=1S/C16H19NO3/c18-11-2-1-4-14-5-7-15(8-6-14)16(19)17-9-3-12-20-13-10-17/h5-8,18H,2-3,9-13H2. The number of aliphatic hydroxyl groups excluding tert-OH is 1. The van der Waals surface area contributed by atoms with Crippen LogP contribution in [-0.4, -0.2) is 48.8 Å². The number of hydrogen-bond donors (Lipinski definition) is 1. The fraction of sp³-hybridized carbons (Fsp3) is 0.438. The maximum Gasteiger partial charge on any atom is 0.253 e. The molecule has 1 fully saturated rings. The highest BCUT2D eigenvalue weighted by Gasteiger charge is 2.16. The number of ether oxygens (including phenoxy) is 1. The summed E-state index contributed by atoms with van der Waals surface area (Å²) in [5.41, 5.74) is 1.54. The van der Waals surface area contributed by atoms with E-state index in [2.05, 4.69) is 11.8 Å². The van der Waals surface area contributed by atoms with Crippen LogP contribution in [0.3, 0.4) is 0 Å². The molecule has 1 amide bonds. The van der Waals surface area contributed by atoms with Crippen LogP contribution < -0.4 is 0 Å². The molecule has 0 atom stereocenters. The van der Waals surface area contributed by atoms with E-state index in [1.807, 2.05) is 17.0 Å². The first-order valence-corrected chi connectivity index (χ1v) is 6.88. The predicted molar refractivity (Wildman–Crippen MR) is 76.4 cm³/mol. The summed E-state index contributed by atoms with van der Waals surface area (Å²) in [4.78, 5) is 14.2. The van der Waals surface area contributed by atoms with Gasteiger partial charge in [-0.3, -0.25) is 4.79 Å². The molecule has 1 heterocycles. The molecule has 20 heavy (non-hydrogen) atoms. The third-order valence-electron chi connectivity index (χ3n) is 3.11. The van der Waals surface area contributed by atoms with E-state index in [-0.39, 0.29) is 12.5 Å². The van der Waals surface area contributed by atoms with E-state index in [1.165, 1.54) is 0 Å². The SMILES string of the molecule is O=C(c1ccc(C#CCCO)cc1)N1CCCOCC1. The minimum Gasteiger partial charge on any atom is -0.395 e. The van der Waals surface area contributed by atoms with Crippen LogP contribution in [0.5, 0.6) is 0 Å². The molecule has 0 radical (unpaired) electrons. The quantitative estimate of drug-likeness (QED) is 0.826. The second kappa shape index (κ2) is 7.68. The van der Waals surface area contributed by atoms with Gasteiger partial charge in [-0.15, -0.1) is 0 Å². The van der Waals surface area contributed by atoms with E-state index >= 15 is 0 Å². The molecule has 1 saturated heterocycles. The van der Waals surface area contributed by atoms with Crippen LogP contribution in [0.1, 0.15) is 28.8 Å². The molecule has 1 aromatic rings. The highest BCUT2D eigenvalue weighted by atomic mass is 16.5. The Balaban J connectivity index is 2.01. The summed E-state index contributed by atoms with van der Waals surface area (Å²) in [6, 6.07) is 7.28. The topological polar surface area (TPSA) is 49.8 Å². The summed E-state index contributed by atoms with van der Waals surface area (Å²) >= 11 is 0. The number of benzene rings is 1. The predicted octanol–water partition coefficient (Wildman–Crippen LogP) is 1.28. The Hall–Kier alpha value is -1.83. The van der Waals surface area contributed by atoms with Crippen molar-refractivity contribution in [1.82, 2.24) is 4.90 Å². The maximum absolute atomic E-state index is 12.3. The zero-order valence-corrected chi connectivity index (χ0v) is 11.5. The van der Waals surface area contributed by atoms with Crippen molar-refractivity contribution in [2.75, 3.05) is 32.9 Å². The van der Waals surface area contributed by atoms with E-state index in [4.69, 9.17) is 9.84 Å². The molecule has 1 aromatic carbocycles. The van der Waals surface area contributed by atoms with Gasteiger partial charge in [-0.2, -0.15) is 0 Å². The number of carbonyl (C=O) groups excluding carboxylic acids is 1. The van der Waals surface area contributed by atoms with Crippen LogP contribution in [0.2, 0.25) is 0 Å². The van der Waals surface area contributed by atoms with E-state index in [0.29, 0.717) is 25.1 Å². The molecule has 4 nitrogen and oxygen atoms in total. The molecule has 2 rings (SSSR count). The van der Waals surface area contributed by atoms with Gasteiger partial charge < -0.3 is 14.7 Å². The smallest absolute Gasteiger partial charge is 0.253 e. The Bertz CT molecular complexity index is 491. The molecule has 4 heteroatoms. The average Bonchev–Trinajstić information content (AvgIpc) is 2.77. The third-order valence-corrected chi connectivity index (χ3v) is 3.11. The average molecular weight is 273 g/mol. The van der Waals surface area contributed by atoms with Gasteiger partial charge in [-0.1, -0.05) is 11.8 Å². The monoisotopic (exact) mass is 273 g/mol. The number of amides is 1. The van der Waals surface area contributed by atoms with Gasteiger partial charge in [0.15, 0.2) is 0 Å². The molecule has 0 aliphatic carbocycles. The lowest BCUT2D eigenvalue weighted by Gasteiger charge is -2.19. The Morgan fingerprint density at radius 2 is 2.05 bits per heavy atom. The highest BCUT2D eigenvalue weighted by molar-refractivity contribution is 5.94.